The van der Waals surface area contributed by atoms with E-state index in [2.05, 4.69) is 12.2 Å². The van der Waals surface area contributed by atoms with Crippen molar-refractivity contribution in [2.24, 2.45) is 0 Å². The fourth-order valence-electron chi connectivity index (χ4n) is 2.11. The first-order valence-corrected chi connectivity index (χ1v) is 7.89. The number of rotatable bonds is 8. The second-order valence-corrected chi connectivity index (χ2v) is 5.34. The number of anilines is 1. The smallest absolute Gasteiger partial charge is 0.269 e. The summed E-state index contributed by atoms with van der Waals surface area (Å²) in [7, 11) is 0. The minimum Gasteiger partial charge on any atom is -0.494 e. The number of nitrogens with zero attached hydrogens (tertiary/aromatic N) is 1. The molecule has 2 aromatic rings. The summed E-state index contributed by atoms with van der Waals surface area (Å²) >= 11 is 0. The molecule has 126 valence electrons. The quantitative estimate of drug-likeness (QED) is 0.442. The molecule has 1 N–H and O–H groups in total. The Balaban J connectivity index is 1.90. The van der Waals surface area contributed by atoms with E-state index in [0.29, 0.717) is 17.9 Å². The van der Waals surface area contributed by atoms with Gasteiger partial charge in [-0.2, -0.15) is 0 Å². The van der Waals surface area contributed by atoms with Crippen LogP contribution in [0, 0.1) is 10.1 Å². The molecular formula is C18H20N2O4. The Bertz CT molecular complexity index is 681. The first-order valence-electron chi connectivity index (χ1n) is 7.89. The van der Waals surface area contributed by atoms with Crippen LogP contribution in [0.15, 0.2) is 48.5 Å². The second-order valence-electron chi connectivity index (χ2n) is 5.34. The number of hydrogen-bond donors (Lipinski definition) is 1. The number of benzene rings is 2. The molecule has 0 atom stereocenters. The van der Waals surface area contributed by atoms with Crippen LogP contribution in [0.2, 0.25) is 0 Å². The molecule has 0 heterocycles. The molecule has 0 spiro atoms. The number of carbonyl (C=O) groups excluding carboxylic acids is 1. The van der Waals surface area contributed by atoms with Crippen molar-refractivity contribution in [3.05, 3.63) is 64.2 Å². The van der Waals surface area contributed by atoms with Crippen LogP contribution in [0.3, 0.4) is 0 Å². The summed E-state index contributed by atoms with van der Waals surface area (Å²) in [5, 5.41) is 13.4. The Kier molecular flexibility index (Phi) is 6.31. The summed E-state index contributed by atoms with van der Waals surface area (Å²) in [6.07, 6.45) is 3.31. The Hall–Kier alpha value is -2.89. The maximum Gasteiger partial charge on any atom is 0.269 e. The molecule has 6 heteroatoms. The molecular weight excluding hydrogens is 308 g/mol. The molecule has 0 aliphatic carbocycles. The van der Waals surface area contributed by atoms with E-state index < -0.39 is 4.92 Å². The number of nitrogens with one attached hydrogen (secondary N) is 1. The van der Waals surface area contributed by atoms with Crippen molar-refractivity contribution in [3.63, 3.8) is 0 Å². The van der Waals surface area contributed by atoms with Gasteiger partial charge in [0, 0.05) is 23.4 Å². The van der Waals surface area contributed by atoms with Gasteiger partial charge in [-0.1, -0.05) is 19.8 Å². The van der Waals surface area contributed by atoms with Gasteiger partial charge in [-0.05, 0) is 42.8 Å². The topological polar surface area (TPSA) is 81.5 Å². The standard InChI is InChI=1S/C18H20N2O4/c1-2-3-4-13-24-17-11-7-15(8-12-17)19-18(21)14-5-9-16(10-6-14)20(22)23/h5-12H,2-4,13H2,1H3,(H,19,21). The Morgan fingerprint density at radius 1 is 1.08 bits per heavy atom. The first-order chi connectivity index (χ1) is 11.6. The van der Waals surface area contributed by atoms with Crippen molar-refractivity contribution in [3.8, 4) is 5.75 Å². The highest BCUT2D eigenvalue weighted by atomic mass is 16.6. The van der Waals surface area contributed by atoms with Crippen molar-refractivity contribution >= 4 is 17.3 Å². The largest absolute Gasteiger partial charge is 0.494 e. The number of ether oxygens (including phenoxy) is 1. The van der Waals surface area contributed by atoms with Crippen molar-refractivity contribution in [2.45, 2.75) is 26.2 Å². The molecule has 1 amide bonds. The minimum absolute atomic E-state index is 0.0453. The van der Waals surface area contributed by atoms with Gasteiger partial charge in [0.25, 0.3) is 11.6 Å². The number of carbonyl (C=O) groups is 1. The Morgan fingerprint density at radius 3 is 2.33 bits per heavy atom. The number of non-ortho nitro benzene ring substituents is 1. The van der Waals surface area contributed by atoms with Crippen molar-refractivity contribution in [1.29, 1.82) is 0 Å². The van der Waals surface area contributed by atoms with E-state index in [1.54, 1.807) is 24.3 Å². The van der Waals surface area contributed by atoms with Crippen LogP contribution in [-0.2, 0) is 0 Å². The fourth-order valence-corrected chi connectivity index (χ4v) is 2.11. The fraction of sp³-hybridized carbons (Fsp3) is 0.278. The normalized spacial score (nSPS) is 10.2. The number of hydrogen-bond acceptors (Lipinski definition) is 4. The summed E-state index contributed by atoms with van der Waals surface area (Å²) in [5.74, 6) is 0.445. The number of unbranched alkanes of at least 4 members (excludes halogenated alkanes) is 2. The molecule has 0 bridgehead atoms. The highest BCUT2D eigenvalue weighted by Gasteiger charge is 2.09. The molecule has 6 nitrogen and oxygen atoms in total. The monoisotopic (exact) mass is 328 g/mol. The molecule has 0 saturated heterocycles. The van der Waals surface area contributed by atoms with Gasteiger partial charge < -0.3 is 10.1 Å². The maximum atomic E-state index is 12.1. The van der Waals surface area contributed by atoms with Crippen molar-refractivity contribution in [2.75, 3.05) is 11.9 Å². The summed E-state index contributed by atoms with van der Waals surface area (Å²) in [4.78, 5) is 22.2. The van der Waals surface area contributed by atoms with Gasteiger partial charge in [0.2, 0.25) is 0 Å². The zero-order chi connectivity index (χ0) is 17.4. The lowest BCUT2D eigenvalue weighted by Gasteiger charge is -2.08. The van der Waals surface area contributed by atoms with Crippen molar-refractivity contribution in [1.82, 2.24) is 0 Å². The first kappa shape index (κ1) is 17.5. The van der Waals surface area contributed by atoms with Crippen LogP contribution in [0.4, 0.5) is 11.4 Å². The maximum absolute atomic E-state index is 12.1. The van der Waals surface area contributed by atoms with Crippen LogP contribution >= 0.6 is 0 Å². The molecule has 0 fully saturated rings. The molecule has 0 aliphatic heterocycles. The lowest BCUT2D eigenvalue weighted by molar-refractivity contribution is -0.384. The van der Waals surface area contributed by atoms with E-state index in [1.165, 1.54) is 24.3 Å². The van der Waals surface area contributed by atoms with Crippen LogP contribution in [-0.4, -0.2) is 17.4 Å². The van der Waals surface area contributed by atoms with Crippen LogP contribution in [0.1, 0.15) is 36.5 Å². The zero-order valence-electron chi connectivity index (χ0n) is 13.5. The predicted molar refractivity (Wildman–Crippen MR) is 92.5 cm³/mol. The van der Waals surface area contributed by atoms with Gasteiger partial charge in [0.15, 0.2) is 0 Å². The lowest BCUT2D eigenvalue weighted by atomic mass is 10.2. The molecule has 0 aliphatic rings. The third-order valence-corrected chi connectivity index (χ3v) is 3.47. The van der Waals surface area contributed by atoms with Gasteiger partial charge in [0.1, 0.15) is 5.75 Å². The molecule has 2 aromatic carbocycles. The van der Waals surface area contributed by atoms with E-state index in [0.717, 1.165) is 25.0 Å². The van der Waals surface area contributed by atoms with E-state index in [-0.39, 0.29) is 11.6 Å². The van der Waals surface area contributed by atoms with Crippen LogP contribution in [0.5, 0.6) is 5.75 Å². The highest BCUT2D eigenvalue weighted by Crippen LogP contribution is 2.18. The van der Waals surface area contributed by atoms with Crippen LogP contribution < -0.4 is 10.1 Å². The molecule has 0 saturated carbocycles. The summed E-state index contributed by atoms with van der Waals surface area (Å²) in [5.41, 5.74) is 0.955. The molecule has 24 heavy (non-hydrogen) atoms. The Morgan fingerprint density at radius 2 is 1.75 bits per heavy atom. The van der Waals surface area contributed by atoms with Crippen molar-refractivity contribution < 1.29 is 14.5 Å². The molecule has 0 unspecified atom stereocenters. The summed E-state index contributed by atoms with van der Waals surface area (Å²) < 4.78 is 5.61. The lowest BCUT2D eigenvalue weighted by Crippen LogP contribution is -2.11. The van der Waals surface area contributed by atoms with E-state index in [4.69, 9.17) is 4.74 Å². The van der Waals surface area contributed by atoms with Gasteiger partial charge in [-0.3, -0.25) is 14.9 Å². The number of nitro benzene ring substituents is 1. The van der Waals surface area contributed by atoms with Gasteiger partial charge in [-0.25, -0.2) is 0 Å². The molecule has 2 rings (SSSR count). The van der Waals surface area contributed by atoms with E-state index in [9.17, 15) is 14.9 Å². The highest BCUT2D eigenvalue weighted by molar-refractivity contribution is 6.04. The van der Waals surface area contributed by atoms with Gasteiger partial charge in [-0.15, -0.1) is 0 Å². The van der Waals surface area contributed by atoms with E-state index in [1.807, 2.05) is 0 Å². The average Bonchev–Trinajstić information content (AvgIpc) is 2.60. The summed E-state index contributed by atoms with van der Waals surface area (Å²) in [6.45, 7) is 2.82. The van der Waals surface area contributed by atoms with Gasteiger partial charge in [0.05, 0.1) is 11.5 Å². The second kappa shape index (κ2) is 8.67. The third kappa shape index (κ3) is 5.08. The van der Waals surface area contributed by atoms with E-state index >= 15 is 0 Å². The Labute approximate surface area is 140 Å². The zero-order valence-corrected chi connectivity index (χ0v) is 13.5. The average molecular weight is 328 g/mol. The summed E-state index contributed by atoms with van der Waals surface area (Å²) in [6, 6.07) is 12.6. The minimum atomic E-state index is -0.499. The number of amides is 1. The third-order valence-electron chi connectivity index (χ3n) is 3.47. The predicted octanol–water partition coefficient (Wildman–Crippen LogP) is 4.42. The number of nitro groups is 1. The molecule has 0 radical (unpaired) electrons. The molecule has 0 aromatic heterocycles. The SMILES string of the molecule is CCCCCOc1ccc(NC(=O)c2ccc([N+](=O)[O-])cc2)cc1. The van der Waals surface area contributed by atoms with Gasteiger partial charge >= 0.3 is 0 Å². The van der Waals surface area contributed by atoms with Crippen LogP contribution in [0.25, 0.3) is 0 Å².